The van der Waals surface area contributed by atoms with Gasteiger partial charge in [0.15, 0.2) is 0 Å². The van der Waals surface area contributed by atoms with Crippen molar-refractivity contribution in [1.29, 1.82) is 0 Å². The third-order valence-corrected chi connectivity index (χ3v) is 4.50. The lowest BCUT2D eigenvalue weighted by atomic mass is 10.1. The number of hydrogen-bond donors (Lipinski definition) is 2. The average Bonchev–Trinajstić information content (AvgIpc) is 2.79. The predicted octanol–water partition coefficient (Wildman–Crippen LogP) is 4.10. The summed E-state index contributed by atoms with van der Waals surface area (Å²) in [5, 5.41) is 17.7. The number of esters is 2. The smallest absolute Gasteiger partial charge is 0.353 e. The molecule has 2 aromatic carbocycles. The number of carbonyl (C=O) groups excluding carboxylic acids is 2. The molecule has 0 aliphatic carbocycles. The first-order valence-electron chi connectivity index (χ1n) is 8.93. The molecule has 0 fully saturated rings. The number of halogens is 1. The van der Waals surface area contributed by atoms with Gasteiger partial charge < -0.3 is 20.1 Å². The maximum Gasteiger partial charge on any atom is 0.353 e. The second-order valence-corrected chi connectivity index (χ2v) is 6.60. The molecule has 0 saturated heterocycles. The van der Waals surface area contributed by atoms with Crippen molar-refractivity contribution in [2.75, 3.05) is 24.9 Å². The number of hydrogen-bond acceptors (Lipinski definition) is 10. The van der Waals surface area contributed by atoms with E-state index < -0.39 is 22.5 Å². The molecule has 0 unspecified atom stereocenters. The monoisotopic (exact) mass is 457 g/mol. The van der Waals surface area contributed by atoms with E-state index in [0.29, 0.717) is 10.7 Å². The van der Waals surface area contributed by atoms with Crippen LogP contribution in [0.2, 0.25) is 5.02 Å². The van der Waals surface area contributed by atoms with Crippen molar-refractivity contribution < 1.29 is 24.0 Å². The minimum absolute atomic E-state index is 0.0315. The Morgan fingerprint density at radius 1 is 0.969 bits per heavy atom. The lowest BCUT2D eigenvalue weighted by Crippen LogP contribution is -2.09. The number of nitrogens with one attached hydrogen (secondary N) is 2. The van der Waals surface area contributed by atoms with E-state index in [1.807, 2.05) is 0 Å². The van der Waals surface area contributed by atoms with Gasteiger partial charge in [-0.05, 0) is 30.3 Å². The zero-order valence-corrected chi connectivity index (χ0v) is 17.5. The molecule has 12 heteroatoms. The summed E-state index contributed by atoms with van der Waals surface area (Å²) in [7, 11) is 2.37. The second-order valence-electron chi connectivity index (χ2n) is 6.19. The number of nitro groups is 1. The fourth-order valence-electron chi connectivity index (χ4n) is 2.73. The first-order valence-corrected chi connectivity index (χ1v) is 9.31. The Balaban J connectivity index is 2.05. The highest BCUT2D eigenvalue weighted by Gasteiger charge is 2.24. The van der Waals surface area contributed by atoms with Crippen LogP contribution in [0.3, 0.4) is 0 Å². The molecule has 3 aromatic rings. The van der Waals surface area contributed by atoms with E-state index in [-0.39, 0.29) is 28.5 Å². The van der Waals surface area contributed by atoms with Crippen LogP contribution in [0.4, 0.5) is 28.7 Å². The number of para-hydroxylation sites is 1. The second kappa shape index (κ2) is 9.71. The van der Waals surface area contributed by atoms with E-state index in [9.17, 15) is 19.7 Å². The van der Waals surface area contributed by atoms with Crippen molar-refractivity contribution in [2.24, 2.45) is 0 Å². The molecule has 0 amide bonds. The molecule has 11 nitrogen and oxygen atoms in total. The van der Waals surface area contributed by atoms with Crippen molar-refractivity contribution in [2.45, 2.75) is 0 Å². The summed E-state index contributed by atoms with van der Waals surface area (Å²) in [4.78, 5) is 43.0. The zero-order chi connectivity index (χ0) is 23.3. The Bertz CT molecular complexity index is 1170. The number of rotatable bonds is 7. The molecular weight excluding hydrogens is 442 g/mol. The highest BCUT2D eigenvalue weighted by atomic mass is 35.5. The number of anilines is 4. The van der Waals surface area contributed by atoms with Crippen molar-refractivity contribution in [3.8, 4) is 0 Å². The fraction of sp³-hybridized carbons (Fsp3) is 0.100. The van der Waals surface area contributed by atoms with Crippen molar-refractivity contribution >= 4 is 52.2 Å². The van der Waals surface area contributed by atoms with Gasteiger partial charge in [0, 0.05) is 5.69 Å². The van der Waals surface area contributed by atoms with E-state index in [2.05, 4.69) is 20.6 Å². The topological polar surface area (TPSA) is 146 Å². The van der Waals surface area contributed by atoms with Crippen LogP contribution in [0.5, 0.6) is 0 Å². The van der Waals surface area contributed by atoms with Crippen LogP contribution in [0.15, 0.2) is 48.8 Å². The van der Waals surface area contributed by atoms with Crippen LogP contribution in [0.25, 0.3) is 0 Å². The summed E-state index contributed by atoms with van der Waals surface area (Å²) in [6.45, 7) is 0. The average molecular weight is 458 g/mol. The summed E-state index contributed by atoms with van der Waals surface area (Å²) in [5.41, 5.74) is 0.157. The number of carbonyl (C=O) groups is 2. The quantitative estimate of drug-likeness (QED) is 0.302. The van der Waals surface area contributed by atoms with Gasteiger partial charge >= 0.3 is 17.6 Å². The number of benzene rings is 2. The van der Waals surface area contributed by atoms with Gasteiger partial charge in [0.05, 0.1) is 41.0 Å². The normalized spacial score (nSPS) is 10.2. The minimum atomic E-state index is -0.711. The Kier molecular flexibility index (Phi) is 6.80. The Morgan fingerprint density at radius 2 is 1.53 bits per heavy atom. The number of aromatic nitrogens is 2. The van der Waals surface area contributed by atoms with Gasteiger partial charge in [-0.3, -0.25) is 10.1 Å². The van der Waals surface area contributed by atoms with Crippen molar-refractivity contribution in [1.82, 2.24) is 9.97 Å². The molecule has 32 heavy (non-hydrogen) atoms. The minimum Gasteiger partial charge on any atom is -0.465 e. The summed E-state index contributed by atoms with van der Waals surface area (Å²) >= 11 is 6.12. The van der Waals surface area contributed by atoms with Crippen LogP contribution < -0.4 is 10.6 Å². The zero-order valence-electron chi connectivity index (χ0n) is 16.8. The van der Waals surface area contributed by atoms with Gasteiger partial charge in [-0.1, -0.05) is 23.7 Å². The summed E-state index contributed by atoms with van der Waals surface area (Å²) in [6.07, 6.45) is 1.11. The standard InChI is InChI=1S/C20H16ClN5O6/c1-31-19(27)11-7-12(20(28)32-2)9-13(8-11)24-17-16(26(29)30)18(23-10-22-17)25-15-6-4-3-5-14(15)21/h3-10H,1-2H3,(H2,22,23,24,25). The van der Waals surface area contributed by atoms with E-state index in [4.69, 9.17) is 21.1 Å². The molecule has 0 atom stereocenters. The fourth-order valence-corrected chi connectivity index (χ4v) is 2.92. The molecule has 1 aromatic heterocycles. The Hall–Kier alpha value is -4.25. The number of ether oxygens (including phenoxy) is 2. The molecule has 2 N–H and O–H groups in total. The van der Waals surface area contributed by atoms with Gasteiger partial charge in [-0.25, -0.2) is 19.6 Å². The summed E-state index contributed by atoms with van der Waals surface area (Å²) in [5.74, 6) is -1.72. The van der Waals surface area contributed by atoms with Gasteiger partial charge in [0.25, 0.3) is 0 Å². The summed E-state index contributed by atoms with van der Waals surface area (Å²) < 4.78 is 9.39. The third-order valence-electron chi connectivity index (χ3n) is 4.17. The van der Waals surface area contributed by atoms with Crippen LogP contribution in [-0.2, 0) is 9.47 Å². The van der Waals surface area contributed by atoms with Crippen LogP contribution >= 0.6 is 11.6 Å². The predicted molar refractivity (Wildman–Crippen MR) is 116 cm³/mol. The van der Waals surface area contributed by atoms with Gasteiger partial charge in [0.1, 0.15) is 6.33 Å². The number of methoxy groups -OCH3 is 2. The van der Waals surface area contributed by atoms with E-state index in [0.717, 1.165) is 6.33 Å². The van der Waals surface area contributed by atoms with Crippen LogP contribution in [0, 0.1) is 10.1 Å². The first kappa shape index (κ1) is 22.4. The molecule has 0 saturated carbocycles. The molecule has 0 radical (unpaired) electrons. The number of nitrogens with zero attached hydrogens (tertiary/aromatic N) is 3. The molecule has 1 heterocycles. The molecule has 0 aliphatic rings. The third kappa shape index (κ3) is 4.90. The SMILES string of the molecule is COC(=O)c1cc(Nc2ncnc(Nc3ccccc3Cl)c2[N+](=O)[O-])cc(C(=O)OC)c1. The van der Waals surface area contributed by atoms with Crippen LogP contribution in [-0.4, -0.2) is 41.0 Å². The Morgan fingerprint density at radius 3 is 2.06 bits per heavy atom. The highest BCUT2D eigenvalue weighted by Crippen LogP contribution is 2.35. The molecule has 164 valence electrons. The maximum atomic E-state index is 12.0. The summed E-state index contributed by atoms with van der Waals surface area (Å²) in [6, 6.07) is 10.6. The first-order chi connectivity index (χ1) is 15.3. The molecule has 3 rings (SSSR count). The van der Waals surface area contributed by atoms with Crippen LogP contribution in [0.1, 0.15) is 20.7 Å². The molecular formula is C20H16ClN5O6. The van der Waals surface area contributed by atoms with Gasteiger partial charge in [-0.2, -0.15) is 0 Å². The molecule has 0 bridgehead atoms. The van der Waals surface area contributed by atoms with E-state index >= 15 is 0 Å². The molecule has 0 aliphatic heterocycles. The van der Waals surface area contributed by atoms with E-state index in [1.165, 1.54) is 32.4 Å². The maximum absolute atomic E-state index is 12.0. The van der Waals surface area contributed by atoms with Crippen molar-refractivity contribution in [3.63, 3.8) is 0 Å². The van der Waals surface area contributed by atoms with Gasteiger partial charge in [0.2, 0.25) is 11.6 Å². The largest absolute Gasteiger partial charge is 0.465 e. The van der Waals surface area contributed by atoms with E-state index in [1.54, 1.807) is 24.3 Å². The van der Waals surface area contributed by atoms with Crippen molar-refractivity contribution in [3.05, 3.63) is 75.1 Å². The lowest BCUT2D eigenvalue weighted by molar-refractivity contribution is -0.383. The van der Waals surface area contributed by atoms with Gasteiger partial charge in [-0.15, -0.1) is 0 Å². The lowest BCUT2D eigenvalue weighted by Gasteiger charge is -2.12. The highest BCUT2D eigenvalue weighted by molar-refractivity contribution is 6.33. The Labute approximate surface area is 186 Å². The molecule has 0 spiro atoms.